The van der Waals surface area contributed by atoms with Gasteiger partial charge in [-0.25, -0.2) is 9.37 Å². The van der Waals surface area contributed by atoms with E-state index >= 15 is 0 Å². The fourth-order valence-corrected chi connectivity index (χ4v) is 3.69. The molecule has 1 aliphatic carbocycles. The fourth-order valence-electron chi connectivity index (χ4n) is 3.69. The minimum Gasteiger partial charge on any atom is -0.363 e. The highest BCUT2D eigenvalue weighted by molar-refractivity contribution is 5.79. The van der Waals surface area contributed by atoms with Crippen LogP contribution in [0.5, 0.6) is 0 Å². The normalized spacial score (nSPS) is 20.0. The molecule has 1 aliphatic rings. The van der Waals surface area contributed by atoms with E-state index in [1.807, 2.05) is 38.9 Å². The molecule has 0 radical (unpaired) electrons. The third-order valence-electron chi connectivity index (χ3n) is 5.46. The van der Waals surface area contributed by atoms with Gasteiger partial charge < -0.3 is 15.5 Å². The lowest BCUT2D eigenvalue weighted by Gasteiger charge is -2.29. The van der Waals surface area contributed by atoms with E-state index in [1.54, 1.807) is 12.1 Å². The van der Waals surface area contributed by atoms with Gasteiger partial charge in [0.15, 0.2) is 0 Å². The Kier molecular flexibility index (Phi) is 6.67. The molecular weight excluding hydrogens is 369 g/mol. The number of aromatic nitrogens is 2. The number of halogens is 1. The topological polar surface area (TPSA) is 70.2 Å². The minimum absolute atomic E-state index is 0.00622. The third-order valence-corrected chi connectivity index (χ3v) is 5.46. The van der Waals surface area contributed by atoms with Crippen molar-refractivity contribution in [2.24, 2.45) is 5.92 Å². The molecule has 1 aromatic heterocycles. The van der Waals surface area contributed by atoms with Crippen LogP contribution in [0.1, 0.15) is 49.9 Å². The second kappa shape index (κ2) is 9.20. The van der Waals surface area contributed by atoms with Crippen LogP contribution in [0.15, 0.2) is 30.3 Å². The van der Waals surface area contributed by atoms with Gasteiger partial charge in [0.1, 0.15) is 11.6 Å². The van der Waals surface area contributed by atoms with E-state index in [9.17, 15) is 9.18 Å². The predicted octanol–water partition coefficient (Wildman–Crippen LogP) is 3.84. The van der Waals surface area contributed by atoms with Gasteiger partial charge in [0.05, 0.1) is 6.04 Å². The van der Waals surface area contributed by atoms with Gasteiger partial charge in [0.2, 0.25) is 11.9 Å². The lowest BCUT2D eigenvalue weighted by atomic mass is 9.85. The molecular formula is C22H30FN5O. The first-order valence-corrected chi connectivity index (χ1v) is 10.2. The second-order valence-electron chi connectivity index (χ2n) is 8.06. The molecule has 3 rings (SSSR count). The van der Waals surface area contributed by atoms with Gasteiger partial charge in [0, 0.05) is 37.8 Å². The highest BCUT2D eigenvalue weighted by Gasteiger charge is 2.27. The molecule has 7 heteroatoms. The Morgan fingerprint density at radius 2 is 1.79 bits per heavy atom. The lowest BCUT2D eigenvalue weighted by Crippen LogP contribution is -2.37. The van der Waals surface area contributed by atoms with E-state index in [0.29, 0.717) is 5.95 Å². The molecule has 1 amide bonds. The molecule has 156 valence electrons. The summed E-state index contributed by atoms with van der Waals surface area (Å²) in [6, 6.07) is 8.35. The van der Waals surface area contributed by atoms with E-state index in [2.05, 4.69) is 20.6 Å². The molecule has 6 nitrogen and oxygen atoms in total. The van der Waals surface area contributed by atoms with E-state index < -0.39 is 0 Å². The Bertz CT molecular complexity index is 832. The van der Waals surface area contributed by atoms with Crippen LogP contribution in [0.2, 0.25) is 0 Å². The molecule has 1 saturated carbocycles. The Hall–Kier alpha value is -2.70. The van der Waals surface area contributed by atoms with Gasteiger partial charge in [-0.2, -0.15) is 4.98 Å². The summed E-state index contributed by atoms with van der Waals surface area (Å²) in [4.78, 5) is 23.7. The maximum Gasteiger partial charge on any atom is 0.225 e. The van der Waals surface area contributed by atoms with Crippen molar-refractivity contribution in [2.45, 2.75) is 51.6 Å². The Labute approximate surface area is 171 Å². The van der Waals surface area contributed by atoms with Crippen LogP contribution in [0.25, 0.3) is 0 Å². The van der Waals surface area contributed by atoms with Crippen molar-refractivity contribution in [3.63, 3.8) is 0 Å². The van der Waals surface area contributed by atoms with Crippen molar-refractivity contribution in [2.75, 3.05) is 24.3 Å². The summed E-state index contributed by atoms with van der Waals surface area (Å²) in [6.07, 6.45) is 3.45. The maximum absolute atomic E-state index is 13.1. The summed E-state index contributed by atoms with van der Waals surface area (Å²) in [6.45, 7) is 3.89. The average molecular weight is 400 g/mol. The van der Waals surface area contributed by atoms with Crippen molar-refractivity contribution < 1.29 is 9.18 Å². The monoisotopic (exact) mass is 399 g/mol. The molecule has 0 spiro atoms. The number of aryl methyl sites for hydroxylation is 1. The predicted molar refractivity (Wildman–Crippen MR) is 113 cm³/mol. The van der Waals surface area contributed by atoms with Crippen LogP contribution in [0.4, 0.5) is 16.2 Å². The van der Waals surface area contributed by atoms with E-state index in [0.717, 1.165) is 42.8 Å². The first kappa shape index (κ1) is 21.0. The number of nitrogens with zero attached hydrogens (tertiary/aromatic N) is 3. The maximum atomic E-state index is 13.1. The molecule has 0 saturated heterocycles. The van der Waals surface area contributed by atoms with Gasteiger partial charge in [-0.05, 0) is 57.2 Å². The van der Waals surface area contributed by atoms with E-state index in [4.69, 9.17) is 0 Å². The molecule has 1 fully saturated rings. The molecule has 1 heterocycles. The SMILES string of the molecule is Cc1cc(N(C)C)nc(NC2CCC(C(=O)N[C@H](C)c3ccc(F)cc3)CC2)n1. The van der Waals surface area contributed by atoms with Crippen LogP contribution in [0.3, 0.4) is 0 Å². The van der Waals surface area contributed by atoms with Crippen LogP contribution < -0.4 is 15.5 Å². The number of hydrogen-bond donors (Lipinski definition) is 2. The molecule has 0 aliphatic heterocycles. The molecule has 0 unspecified atom stereocenters. The standard InChI is InChI=1S/C22H30FN5O/c1-14-13-20(28(3)4)27-22(24-14)26-19-11-7-17(8-12-19)21(29)25-15(2)16-5-9-18(23)10-6-16/h5-6,9-10,13,15,17,19H,7-8,11-12H2,1-4H3,(H,25,29)(H,24,26,27)/t15-,17?,19?/m1/s1. The highest BCUT2D eigenvalue weighted by atomic mass is 19.1. The molecule has 2 aromatic rings. The number of anilines is 2. The summed E-state index contributed by atoms with van der Waals surface area (Å²) < 4.78 is 13.1. The largest absolute Gasteiger partial charge is 0.363 e. The quantitative estimate of drug-likeness (QED) is 0.772. The van der Waals surface area contributed by atoms with Crippen molar-refractivity contribution in [1.29, 1.82) is 0 Å². The van der Waals surface area contributed by atoms with E-state index in [-0.39, 0.29) is 29.7 Å². The Morgan fingerprint density at radius 1 is 1.14 bits per heavy atom. The Balaban J connectivity index is 1.51. The number of nitrogens with one attached hydrogen (secondary N) is 2. The highest BCUT2D eigenvalue weighted by Crippen LogP contribution is 2.27. The molecule has 0 bridgehead atoms. The number of hydrogen-bond acceptors (Lipinski definition) is 5. The molecule has 1 atom stereocenters. The number of rotatable bonds is 6. The van der Waals surface area contributed by atoms with Crippen LogP contribution in [-0.2, 0) is 4.79 Å². The van der Waals surface area contributed by atoms with Crippen LogP contribution >= 0.6 is 0 Å². The minimum atomic E-state index is -0.270. The first-order valence-electron chi connectivity index (χ1n) is 10.2. The van der Waals surface area contributed by atoms with Gasteiger partial charge in [-0.1, -0.05) is 12.1 Å². The lowest BCUT2D eigenvalue weighted by molar-refractivity contribution is -0.126. The zero-order valence-electron chi connectivity index (χ0n) is 17.6. The van der Waals surface area contributed by atoms with Gasteiger partial charge in [0.25, 0.3) is 0 Å². The summed E-state index contributed by atoms with van der Waals surface area (Å²) >= 11 is 0. The smallest absolute Gasteiger partial charge is 0.225 e. The Morgan fingerprint density at radius 3 is 2.41 bits per heavy atom. The molecule has 2 N–H and O–H groups in total. The van der Waals surface area contributed by atoms with Crippen molar-refractivity contribution in [3.05, 3.63) is 47.4 Å². The molecule has 29 heavy (non-hydrogen) atoms. The number of carbonyl (C=O) groups is 1. The van der Waals surface area contributed by atoms with Crippen LogP contribution in [0, 0.1) is 18.7 Å². The van der Waals surface area contributed by atoms with Gasteiger partial charge in [-0.3, -0.25) is 4.79 Å². The van der Waals surface area contributed by atoms with Crippen molar-refractivity contribution in [1.82, 2.24) is 15.3 Å². The molecule has 1 aromatic carbocycles. The van der Waals surface area contributed by atoms with Crippen molar-refractivity contribution >= 4 is 17.7 Å². The van der Waals surface area contributed by atoms with Gasteiger partial charge >= 0.3 is 0 Å². The zero-order valence-corrected chi connectivity index (χ0v) is 17.6. The van der Waals surface area contributed by atoms with Crippen molar-refractivity contribution in [3.8, 4) is 0 Å². The average Bonchev–Trinajstić information content (AvgIpc) is 2.68. The number of benzene rings is 1. The summed E-state index contributed by atoms with van der Waals surface area (Å²) in [5.41, 5.74) is 1.83. The first-order chi connectivity index (χ1) is 13.8. The fraction of sp³-hybridized carbons (Fsp3) is 0.500. The number of carbonyl (C=O) groups excluding carboxylic acids is 1. The second-order valence-corrected chi connectivity index (χ2v) is 8.06. The summed E-state index contributed by atoms with van der Waals surface area (Å²) in [5.74, 6) is 1.33. The van der Waals surface area contributed by atoms with Crippen LogP contribution in [-0.4, -0.2) is 36.0 Å². The summed E-state index contributed by atoms with van der Waals surface area (Å²) in [5, 5.41) is 6.50. The van der Waals surface area contributed by atoms with Gasteiger partial charge in [-0.15, -0.1) is 0 Å². The summed E-state index contributed by atoms with van der Waals surface area (Å²) in [7, 11) is 3.92. The zero-order chi connectivity index (χ0) is 21.0. The van der Waals surface area contributed by atoms with E-state index in [1.165, 1.54) is 12.1 Å². The third kappa shape index (κ3) is 5.65. The number of amides is 1.